The standard InChI is InChI=1S/C17H19NOS/c18-10-9-13-5-7-15(8-6-13)19-12-16-11-14-3-1-2-4-17(14)20-16/h1-8,16H,9-12,18H2. The number of rotatable bonds is 5. The van der Waals surface area contributed by atoms with Gasteiger partial charge in [0.15, 0.2) is 0 Å². The molecule has 3 rings (SSSR count). The summed E-state index contributed by atoms with van der Waals surface area (Å²) in [5.74, 6) is 0.947. The van der Waals surface area contributed by atoms with Crippen molar-refractivity contribution in [3.8, 4) is 5.75 Å². The number of thioether (sulfide) groups is 1. The fourth-order valence-corrected chi connectivity index (χ4v) is 3.67. The van der Waals surface area contributed by atoms with Crippen LogP contribution in [0.25, 0.3) is 0 Å². The van der Waals surface area contributed by atoms with Gasteiger partial charge in [0.1, 0.15) is 12.4 Å². The molecule has 104 valence electrons. The summed E-state index contributed by atoms with van der Waals surface area (Å²) >= 11 is 1.93. The Kier molecular flexibility index (Phi) is 4.28. The highest BCUT2D eigenvalue weighted by molar-refractivity contribution is 8.00. The first-order chi connectivity index (χ1) is 9.85. The molecule has 1 aliphatic heterocycles. The lowest BCUT2D eigenvalue weighted by atomic mass is 10.1. The smallest absolute Gasteiger partial charge is 0.119 e. The second-order valence-electron chi connectivity index (χ2n) is 5.05. The highest BCUT2D eigenvalue weighted by Gasteiger charge is 2.22. The first-order valence-electron chi connectivity index (χ1n) is 7.01. The lowest BCUT2D eigenvalue weighted by Crippen LogP contribution is -2.13. The molecule has 0 amide bonds. The van der Waals surface area contributed by atoms with Crippen LogP contribution in [0.15, 0.2) is 53.4 Å². The van der Waals surface area contributed by atoms with Gasteiger partial charge in [0.05, 0.1) is 0 Å². The third-order valence-electron chi connectivity index (χ3n) is 3.51. The van der Waals surface area contributed by atoms with Gasteiger partial charge in [-0.1, -0.05) is 30.3 Å². The summed E-state index contributed by atoms with van der Waals surface area (Å²) in [6.45, 7) is 1.45. The SMILES string of the molecule is NCCc1ccc(OCC2Cc3ccccc3S2)cc1. The van der Waals surface area contributed by atoms with Crippen molar-refractivity contribution in [3.05, 3.63) is 59.7 Å². The van der Waals surface area contributed by atoms with Crippen molar-refractivity contribution in [1.82, 2.24) is 0 Å². The van der Waals surface area contributed by atoms with Crippen LogP contribution in [0.3, 0.4) is 0 Å². The van der Waals surface area contributed by atoms with Crippen molar-refractivity contribution >= 4 is 11.8 Å². The van der Waals surface area contributed by atoms with E-state index in [-0.39, 0.29) is 0 Å². The van der Waals surface area contributed by atoms with E-state index in [0.717, 1.165) is 25.2 Å². The van der Waals surface area contributed by atoms with Crippen LogP contribution in [0, 0.1) is 0 Å². The van der Waals surface area contributed by atoms with Crippen LogP contribution >= 0.6 is 11.8 Å². The maximum absolute atomic E-state index is 5.90. The van der Waals surface area contributed by atoms with Gasteiger partial charge in [0.25, 0.3) is 0 Å². The Labute approximate surface area is 124 Å². The molecule has 0 saturated heterocycles. The van der Waals surface area contributed by atoms with Gasteiger partial charge in [-0.15, -0.1) is 11.8 Å². The Morgan fingerprint density at radius 3 is 2.65 bits per heavy atom. The summed E-state index contributed by atoms with van der Waals surface area (Å²) in [5.41, 5.74) is 8.26. The molecule has 0 aromatic heterocycles. The number of benzene rings is 2. The van der Waals surface area contributed by atoms with Crippen LogP contribution < -0.4 is 10.5 Å². The van der Waals surface area contributed by atoms with E-state index in [0.29, 0.717) is 11.8 Å². The number of nitrogens with two attached hydrogens (primary N) is 1. The normalized spacial score (nSPS) is 16.9. The van der Waals surface area contributed by atoms with Crippen LogP contribution in [-0.2, 0) is 12.8 Å². The minimum atomic E-state index is 0.524. The Bertz CT molecular complexity index is 542. The Balaban J connectivity index is 1.53. The van der Waals surface area contributed by atoms with E-state index in [2.05, 4.69) is 36.4 Å². The molecule has 0 bridgehead atoms. The zero-order chi connectivity index (χ0) is 13.8. The summed E-state index contributed by atoms with van der Waals surface area (Å²) in [7, 11) is 0. The van der Waals surface area contributed by atoms with Gasteiger partial charge in [-0.3, -0.25) is 0 Å². The van der Waals surface area contributed by atoms with Crippen molar-refractivity contribution < 1.29 is 4.74 Å². The second kappa shape index (κ2) is 6.33. The third kappa shape index (κ3) is 3.17. The summed E-state index contributed by atoms with van der Waals surface area (Å²) in [6.07, 6.45) is 2.03. The van der Waals surface area contributed by atoms with Crippen LogP contribution in [-0.4, -0.2) is 18.4 Å². The van der Waals surface area contributed by atoms with Gasteiger partial charge in [0, 0.05) is 10.1 Å². The van der Waals surface area contributed by atoms with E-state index >= 15 is 0 Å². The highest BCUT2D eigenvalue weighted by atomic mass is 32.2. The van der Waals surface area contributed by atoms with Crippen LogP contribution in [0.2, 0.25) is 0 Å². The maximum atomic E-state index is 5.90. The van der Waals surface area contributed by atoms with E-state index < -0.39 is 0 Å². The molecular weight excluding hydrogens is 266 g/mol. The van der Waals surface area contributed by atoms with Gasteiger partial charge < -0.3 is 10.5 Å². The monoisotopic (exact) mass is 285 g/mol. The molecule has 0 saturated carbocycles. The van der Waals surface area contributed by atoms with Crippen molar-refractivity contribution in [2.45, 2.75) is 23.0 Å². The van der Waals surface area contributed by atoms with E-state index in [9.17, 15) is 0 Å². The van der Waals surface area contributed by atoms with Crippen molar-refractivity contribution in [2.75, 3.05) is 13.2 Å². The molecule has 0 radical (unpaired) electrons. The molecule has 1 heterocycles. The minimum absolute atomic E-state index is 0.524. The van der Waals surface area contributed by atoms with Crippen LogP contribution in [0.1, 0.15) is 11.1 Å². The van der Waals surface area contributed by atoms with Crippen LogP contribution in [0.5, 0.6) is 5.75 Å². The number of hydrogen-bond acceptors (Lipinski definition) is 3. The van der Waals surface area contributed by atoms with E-state index in [4.69, 9.17) is 10.5 Å². The molecule has 2 nitrogen and oxygen atoms in total. The highest BCUT2D eigenvalue weighted by Crippen LogP contribution is 2.36. The molecule has 0 spiro atoms. The average molecular weight is 285 g/mol. The van der Waals surface area contributed by atoms with E-state index in [1.54, 1.807) is 0 Å². The Morgan fingerprint density at radius 2 is 1.90 bits per heavy atom. The minimum Gasteiger partial charge on any atom is -0.492 e. The molecule has 20 heavy (non-hydrogen) atoms. The lowest BCUT2D eigenvalue weighted by Gasteiger charge is -2.11. The molecule has 3 heteroatoms. The molecule has 0 fully saturated rings. The quantitative estimate of drug-likeness (QED) is 0.915. The zero-order valence-corrected chi connectivity index (χ0v) is 12.2. The molecule has 2 aromatic carbocycles. The van der Waals surface area contributed by atoms with Gasteiger partial charge in [-0.05, 0) is 48.7 Å². The van der Waals surface area contributed by atoms with E-state index in [1.165, 1.54) is 16.0 Å². The Hall–Kier alpha value is -1.45. The number of hydrogen-bond donors (Lipinski definition) is 1. The first kappa shape index (κ1) is 13.5. The van der Waals surface area contributed by atoms with E-state index in [1.807, 2.05) is 23.9 Å². The summed E-state index contributed by atoms with van der Waals surface area (Å²) in [6, 6.07) is 16.9. The molecule has 1 unspecified atom stereocenters. The van der Waals surface area contributed by atoms with Crippen molar-refractivity contribution in [2.24, 2.45) is 5.73 Å². The second-order valence-corrected chi connectivity index (χ2v) is 6.39. The predicted octanol–water partition coefficient (Wildman–Crippen LogP) is 3.28. The predicted molar refractivity (Wildman–Crippen MR) is 84.5 cm³/mol. The average Bonchev–Trinajstić information content (AvgIpc) is 2.90. The Morgan fingerprint density at radius 1 is 1.10 bits per heavy atom. The van der Waals surface area contributed by atoms with Gasteiger partial charge in [-0.2, -0.15) is 0 Å². The van der Waals surface area contributed by atoms with Crippen molar-refractivity contribution in [1.29, 1.82) is 0 Å². The zero-order valence-electron chi connectivity index (χ0n) is 11.4. The molecular formula is C17H19NOS. The van der Waals surface area contributed by atoms with Gasteiger partial charge >= 0.3 is 0 Å². The van der Waals surface area contributed by atoms with Crippen molar-refractivity contribution in [3.63, 3.8) is 0 Å². The first-order valence-corrected chi connectivity index (χ1v) is 7.89. The van der Waals surface area contributed by atoms with Crippen LogP contribution in [0.4, 0.5) is 0 Å². The summed E-state index contributed by atoms with van der Waals surface area (Å²) in [5, 5.41) is 0.524. The molecule has 0 aliphatic carbocycles. The number of fused-ring (bicyclic) bond motifs is 1. The number of ether oxygens (including phenoxy) is 1. The lowest BCUT2D eigenvalue weighted by molar-refractivity contribution is 0.317. The molecule has 2 N–H and O–H groups in total. The summed E-state index contributed by atoms with van der Waals surface area (Å²) in [4.78, 5) is 1.40. The fourth-order valence-electron chi connectivity index (χ4n) is 2.46. The van der Waals surface area contributed by atoms with Gasteiger partial charge in [0.2, 0.25) is 0 Å². The third-order valence-corrected chi connectivity index (χ3v) is 4.79. The molecule has 1 aliphatic rings. The summed E-state index contributed by atoms with van der Waals surface area (Å²) < 4.78 is 5.90. The van der Waals surface area contributed by atoms with Gasteiger partial charge in [-0.25, -0.2) is 0 Å². The fraction of sp³-hybridized carbons (Fsp3) is 0.294. The molecule has 1 atom stereocenters. The molecule has 2 aromatic rings. The largest absolute Gasteiger partial charge is 0.492 e. The maximum Gasteiger partial charge on any atom is 0.119 e. The topological polar surface area (TPSA) is 35.2 Å².